The van der Waals surface area contributed by atoms with E-state index in [1.807, 2.05) is 18.2 Å². The summed E-state index contributed by atoms with van der Waals surface area (Å²) in [5.41, 5.74) is 6.25. The van der Waals surface area contributed by atoms with Crippen molar-refractivity contribution < 1.29 is 9.59 Å². The van der Waals surface area contributed by atoms with Crippen molar-refractivity contribution in [1.82, 2.24) is 0 Å². The highest BCUT2D eigenvalue weighted by atomic mass is 32.2. The van der Waals surface area contributed by atoms with Crippen molar-refractivity contribution in [1.29, 1.82) is 0 Å². The van der Waals surface area contributed by atoms with Gasteiger partial charge in [0.2, 0.25) is 11.8 Å². The Bertz CT molecular complexity index is 891. The smallest absolute Gasteiger partial charge is 0.248 e. The largest absolute Gasteiger partial charge is 0.366 e. The Labute approximate surface area is 144 Å². The summed E-state index contributed by atoms with van der Waals surface area (Å²) in [6.07, 6.45) is 0. The van der Waals surface area contributed by atoms with Gasteiger partial charge in [0, 0.05) is 16.1 Å². The number of nitrogens with two attached hydrogens (primary N) is 1. The molecule has 0 aliphatic rings. The fraction of sp³-hybridized carbons (Fsp3) is 0.0526. The first kappa shape index (κ1) is 16.1. The van der Waals surface area contributed by atoms with E-state index in [2.05, 4.69) is 29.6 Å². The lowest BCUT2D eigenvalue weighted by Gasteiger charge is -2.06. The number of anilines is 1. The van der Waals surface area contributed by atoms with Crippen LogP contribution in [0.15, 0.2) is 71.6 Å². The summed E-state index contributed by atoms with van der Waals surface area (Å²) in [5, 5.41) is 5.14. The minimum absolute atomic E-state index is 0.0972. The summed E-state index contributed by atoms with van der Waals surface area (Å²) in [6, 6.07) is 20.8. The Morgan fingerprint density at radius 1 is 0.917 bits per heavy atom. The zero-order valence-electron chi connectivity index (χ0n) is 12.9. The predicted molar refractivity (Wildman–Crippen MR) is 98.3 cm³/mol. The van der Waals surface area contributed by atoms with Crippen LogP contribution in [0.1, 0.15) is 10.4 Å². The molecule has 0 aromatic heterocycles. The van der Waals surface area contributed by atoms with Crippen LogP contribution in [0.5, 0.6) is 0 Å². The van der Waals surface area contributed by atoms with Gasteiger partial charge in [-0.1, -0.05) is 30.3 Å². The maximum Gasteiger partial charge on any atom is 0.248 e. The van der Waals surface area contributed by atoms with Gasteiger partial charge in [0.1, 0.15) is 0 Å². The molecule has 120 valence electrons. The summed E-state index contributed by atoms with van der Waals surface area (Å²) >= 11 is 1.48. The van der Waals surface area contributed by atoms with Crippen molar-refractivity contribution in [3.05, 3.63) is 72.3 Å². The van der Waals surface area contributed by atoms with Crippen molar-refractivity contribution in [3.8, 4) is 0 Å². The third-order valence-corrected chi connectivity index (χ3v) is 4.54. The van der Waals surface area contributed by atoms with Gasteiger partial charge in [0.05, 0.1) is 5.75 Å². The molecule has 0 bridgehead atoms. The van der Waals surface area contributed by atoms with Crippen LogP contribution >= 0.6 is 11.8 Å². The molecular formula is C19H16N2O2S. The Kier molecular flexibility index (Phi) is 4.82. The van der Waals surface area contributed by atoms with Crippen molar-refractivity contribution in [3.63, 3.8) is 0 Å². The van der Waals surface area contributed by atoms with Crippen molar-refractivity contribution in [2.75, 3.05) is 11.1 Å². The number of rotatable bonds is 5. The molecule has 3 aromatic rings. The molecule has 2 amide bonds. The Morgan fingerprint density at radius 2 is 1.62 bits per heavy atom. The molecule has 0 saturated heterocycles. The van der Waals surface area contributed by atoms with Crippen LogP contribution in [-0.2, 0) is 4.79 Å². The molecule has 0 aliphatic carbocycles. The number of nitrogens with one attached hydrogen (secondary N) is 1. The molecule has 0 radical (unpaired) electrons. The van der Waals surface area contributed by atoms with E-state index >= 15 is 0 Å². The van der Waals surface area contributed by atoms with Crippen molar-refractivity contribution >= 4 is 40.0 Å². The number of carbonyl (C=O) groups excluding carboxylic acids is 2. The number of benzene rings is 3. The van der Waals surface area contributed by atoms with E-state index in [0.717, 1.165) is 10.3 Å². The van der Waals surface area contributed by atoms with Gasteiger partial charge >= 0.3 is 0 Å². The molecule has 0 heterocycles. The second kappa shape index (κ2) is 7.19. The van der Waals surface area contributed by atoms with Gasteiger partial charge in [0.15, 0.2) is 0 Å². The van der Waals surface area contributed by atoms with Gasteiger partial charge in [0.25, 0.3) is 0 Å². The van der Waals surface area contributed by atoms with E-state index in [1.54, 1.807) is 24.3 Å². The fourth-order valence-corrected chi connectivity index (χ4v) is 3.07. The standard InChI is InChI=1S/C19H16N2O2S/c20-19(23)14-5-8-16(9-6-14)21-18(22)12-24-17-10-7-13-3-1-2-4-15(13)11-17/h1-11H,12H2,(H2,20,23)(H,21,22). The number of amides is 2. The molecule has 0 spiro atoms. The summed E-state index contributed by atoms with van der Waals surface area (Å²) < 4.78 is 0. The van der Waals surface area contributed by atoms with Gasteiger partial charge in [-0.15, -0.1) is 11.8 Å². The third-order valence-electron chi connectivity index (χ3n) is 3.54. The molecule has 3 rings (SSSR count). The van der Waals surface area contributed by atoms with Gasteiger partial charge in [-0.2, -0.15) is 0 Å². The van der Waals surface area contributed by atoms with E-state index in [1.165, 1.54) is 17.1 Å². The van der Waals surface area contributed by atoms with Crippen LogP contribution in [0.25, 0.3) is 10.8 Å². The van der Waals surface area contributed by atoms with Gasteiger partial charge in [-0.3, -0.25) is 9.59 Å². The SMILES string of the molecule is NC(=O)c1ccc(NC(=O)CSc2ccc3ccccc3c2)cc1. The molecule has 0 fully saturated rings. The number of fused-ring (bicyclic) bond motifs is 1. The van der Waals surface area contributed by atoms with E-state index in [0.29, 0.717) is 17.0 Å². The van der Waals surface area contributed by atoms with Crippen LogP contribution in [0.4, 0.5) is 5.69 Å². The number of hydrogen-bond acceptors (Lipinski definition) is 3. The molecule has 0 aliphatic heterocycles. The molecule has 0 unspecified atom stereocenters. The first-order valence-corrected chi connectivity index (χ1v) is 8.42. The number of primary amides is 1. The molecular weight excluding hydrogens is 320 g/mol. The average molecular weight is 336 g/mol. The van der Waals surface area contributed by atoms with Crippen molar-refractivity contribution in [2.24, 2.45) is 5.73 Å². The molecule has 24 heavy (non-hydrogen) atoms. The van der Waals surface area contributed by atoms with E-state index in [9.17, 15) is 9.59 Å². The van der Waals surface area contributed by atoms with Crippen LogP contribution in [0.3, 0.4) is 0 Å². The van der Waals surface area contributed by atoms with Crippen LogP contribution < -0.4 is 11.1 Å². The van der Waals surface area contributed by atoms with Crippen LogP contribution in [0.2, 0.25) is 0 Å². The van der Waals surface area contributed by atoms with Crippen molar-refractivity contribution in [2.45, 2.75) is 4.90 Å². The number of thioether (sulfide) groups is 1. The quantitative estimate of drug-likeness (QED) is 0.698. The maximum atomic E-state index is 12.0. The second-order valence-electron chi connectivity index (χ2n) is 5.29. The molecule has 4 nitrogen and oxygen atoms in total. The number of carbonyl (C=O) groups is 2. The Morgan fingerprint density at radius 3 is 2.33 bits per heavy atom. The summed E-state index contributed by atoms with van der Waals surface area (Å²) in [5.74, 6) is -0.268. The first-order chi connectivity index (χ1) is 11.6. The fourth-order valence-electron chi connectivity index (χ4n) is 2.32. The molecule has 0 atom stereocenters. The van der Waals surface area contributed by atoms with E-state index in [-0.39, 0.29) is 5.91 Å². The highest BCUT2D eigenvalue weighted by Crippen LogP contribution is 2.23. The Balaban J connectivity index is 1.59. The minimum atomic E-state index is -0.486. The monoisotopic (exact) mass is 336 g/mol. The highest BCUT2D eigenvalue weighted by molar-refractivity contribution is 8.00. The van der Waals surface area contributed by atoms with Gasteiger partial charge in [-0.25, -0.2) is 0 Å². The van der Waals surface area contributed by atoms with Gasteiger partial charge in [-0.05, 0) is 47.2 Å². The predicted octanol–water partition coefficient (Wildman–Crippen LogP) is 3.67. The maximum absolute atomic E-state index is 12.0. The first-order valence-electron chi connectivity index (χ1n) is 7.43. The third kappa shape index (κ3) is 3.94. The van der Waals surface area contributed by atoms with Crippen LogP contribution in [-0.4, -0.2) is 17.6 Å². The molecule has 0 saturated carbocycles. The summed E-state index contributed by atoms with van der Waals surface area (Å²) in [7, 11) is 0. The zero-order chi connectivity index (χ0) is 16.9. The lowest BCUT2D eigenvalue weighted by Crippen LogP contribution is -2.14. The molecule has 3 aromatic carbocycles. The molecule has 3 N–H and O–H groups in total. The van der Waals surface area contributed by atoms with Gasteiger partial charge < -0.3 is 11.1 Å². The average Bonchev–Trinajstić information content (AvgIpc) is 2.60. The minimum Gasteiger partial charge on any atom is -0.366 e. The summed E-state index contributed by atoms with van der Waals surface area (Å²) in [6.45, 7) is 0. The topological polar surface area (TPSA) is 72.2 Å². The highest BCUT2D eigenvalue weighted by Gasteiger charge is 2.06. The van der Waals surface area contributed by atoms with E-state index in [4.69, 9.17) is 5.73 Å². The zero-order valence-corrected chi connectivity index (χ0v) is 13.7. The summed E-state index contributed by atoms with van der Waals surface area (Å²) in [4.78, 5) is 24.1. The molecule has 5 heteroatoms. The van der Waals surface area contributed by atoms with E-state index < -0.39 is 5.91 Å². The second-order valence-corrected chi connectivity index (χ2v) is 6.34. The Hall–Kier alpha value is -2.79. The number of hydrogen-bond donors (Lipinski definition) is 2. The lowest BCUT2D eigenvalue weighted by molar-refractivity contribution is -0.113. The normalized spacial score (nSPS) is 10.5. The lowest BCUT2D eigenvalue weighted by atomic mass is 10.1. The van der Waals surface area contributed by atoms with Crippen LogP contribution in [0, 0.1) is 0 Å².